The Hall–Kier alpha value is -1.94. The molecule has 22 heavy (non-hydrogen) atoms. The number of para-hydroxylation sites is 1. The van der Waals surface area contributed by atoms with Crippen LogP contribution in [0.15, 0.2) is 53.4 Å². The summed E-state index contributed by atoms with van der Waals surface area (Å²) in [6, 6.07) is 16.0. The molecule has 2 aromatic rings. The van der Waals surface area contributed by atoms with Crippen molar-refractivity contribution in [1.82, 2.24) is 0 Å². The van der Waals surface area contributed by atoms with Crippen molar-refractivity contribution in [2.45, 2.75) is 30.4 Å². The molecule has 2 amide bonds. The van der Waals surface area contributed by atoms with Gasteiger partial charge >= 0.3 is 6.03 Å². The molecule has 0 saturated carbocycles. The molecule has 1 heterocycles. The van der Waals surface area contributed by atoms with Gasteiger partial charge in [-0.3, -0.25) is 4.90 Å². The molecule has 1 unspecified atom stereocenters. The molecule has 1 N–H and O–H groups in total. The first-order valence-electron chi connectivity index (χ1n) is 7.54. The fraction of sp³-hybridized carbons (Fsp3) is 0.278. The zero-order valence-electron chi connectivity index (χ0n) is 12.9. The first-order valence-corrected chi connectivity index (χ1v) is 8.42. The largest absolute Gasteiger partial charge is 0.326 e. The van der Waals surface area contributed by atoms with Crippen LogP contribution >= 0.6 is 11.8 Å². The van der Waals surface area contributed by atoms with Crippen LogP contribution in [-0.2, 0) is 0 Å². The summed E-state index contributed by atoms with van der Waals surface area (Å²) in [6.45, 7) is 4.99. The van der Waals surface area contributed by atoms with Crippen molar-refractivity contribution in [3.63, 3.8) is 0 Å². The van der Waals surface area contributed by atoms with E-state index in [0.717, 1.165) is 24.3 Å². The molecule has 1 aliphatic heterocycles. The molecular formula is C18H20N2OS. The van der Waals surface area contributed by atoms with E-state index in [1.807, 2.05) is 66.1 Å². The number of amides is 2. The highest BCUT2D eigenvalue weighted by Crippen LogP contribution is 2.37. The third-order valence-electron chi connectivity index (χ3n) is 3.79. The molecule has 2 aromatic carbocycles. The second-order valence-electron chi connectivity index (χ2n) is 5.63. The molecule has 3 rings (SSSR count). The van der Waals surface area contributed by atoms with Crippen LogP contribution in [0.1, 0.15) is 18.9 Å². The Morgan fingerprint density at radius 2 is 1.91 bits per heavy atom. The topological polar surface area (TPSA) is 32.3 Å². The van der Waals surface area contributed by atoms with Crippen LogP contribution in [0, 0.1) is 6.92 Å². The quantitative estimate of drug-likeness (QED) is 0.810. The van der Waals surface area contributed by atoms with E-state index in [4.69, 9.17) is 0 Å². The van der Waals surface area contributed by atoms with Crippen molar-refractivity contribution in [2.24, 2.45) is 0 Å². The minimum atomic E-state index is -0.0639. The molecular weight excluding hydrogens is 292 g/mol. The van der Waals surface area contributed by atoms with Gasteiger partial charge in [-0.15, -0.1) is 11.8 Å². The number of fused-ring (bicyclic) bond motifs is 1. The van der Waals surface area contributed by atoms with E-state index < -0.39 is 0 Å². The first kappa shape index (κ1) is 15.0. The standard InChI is InChI=1S/C18H20N2OS/c1-13-7-9-15(10-8-13)19-18(21)20-12-11-14(2)22-17-6-4-3-5-16(17)20/h3-10,14H,11-12H2,1-2H3,(H,19,21). The Bertz CT molecular complexity index is 669. The van der Waals surface area contributed by atoms with E-state index in [1.165, 1.54) is 10.5 Å². The van der Waals surface area contributed by atoms with E-state index in [9.17, 15) is 4.79 Å². The van der Waals surface area contributed by atoms with E-state index in [-0.39, 0.29) is 6.03 Å². The molecule has 4 heteroatoms. The molecule has 0 saturated heterocycles. The van der Waals surface area contributed by atoms with Gasteiger partial charge < -0.3 is 5.32 Å². The lowest BCUT2D eigenvalue weighted by Crippen LogP contribution is -2.36. The van der Waals surface area contributed by atoms with Gasteiger partial charge in [-0.05, 0) is 37.6 Å². The summed E-state index contributed by atoms with van der Waals surface area (Å²) in [7, 11) is 0. The Morgan fingerprint density at radius 3 is 2.68 bits per heavy atom. The molecule has 0 spiro atoms. The van der Waals surface area contributed by atoms with E-state index in [0.29, 0.717) is 5.25 Å². The average Bonchev–Trinajstić information content (AvgIpc) is 2.68. The summed E-state index contributed by atoms with van der Waals surface area (Å²) in [5.41, 5.74) is 3.02. The van der Waals surface area contributed by atoms with Crippen molar-refractivity contribution in [1.29, 1.82) is 0 Å². The number of benzene rings is 2. The van der Waals surface area contributed by atoms with Crippen LogP contribution in [0.3, 0.4) is 0 Å². The number of thioether (sulfide) groups is 1. The van der Waals surface area contributed by atoms with Gasteiger partial charge in [-0.25, -0.2) is 4.79 Å². The maximum atomic E-state index is 12.7. The number of aryl methyl sites for hydroxylation is 1. The van der Waals surface area contributed by atoms with E-state index >= 15 is 0 Å². The Labute approximate surface area is 135 Å². The SMILES string of the molecule is Cc1ccc(NC(=O)N2CCC(C)Sc3ccccc32)cc1. The number of urea groups is 1. The molecule has 0 bridgehead atoms. The fourth-order valence-electron chi connectivity index (χ4n) is 2.53. The predicted molar refractivity (Wildman–Crippen MR) is 93.9 cm³/mol. The summed E-state index contributed by atoms with van der Waals surface area (Å²) in [4.78, 5) is 15.7. The lowest BCUT2D eigenvalue weighted by molar-refractivity contribution is 0.257. The van der Waals surface area contributed by atoms with Gasteiger partial charge in [0.25, 0.3) is 0 Å². The molecule has 3 nitrogen and oxygen atoms in total. The van der Waals surface area contributed by atoms with Gasteiger partial charge in [0, 0.05) is 22.4 Å². The van der Waals surface area contributed by atoms with Crippen LogP contribution in [0.25, 0.3) is 0 Å². The molecule has 0 aromatic heterocycles. The van der Waals surface area contributed by atoms with Gasteiger partial charge in [0.15, 0.2) is 0 Å². The lowest BCUT2D eigenvalue weighted by atomic mass is 10.2. The zero-order valence-corrected chi connectivity index (χ0v) is 13.7. The normalized spacial score (nSPS) is 17.5. The predicted octanol–water partition coefficient (Wildman–Crippen LogP) is 4.92. The van der Waals surface area contributed by atoms with Crippen LogP contribution in [-0.4, -0.2) is 17.8 Å². The van der Waals surface area contributed by atoms with Crippen LogP contribution in [0.4, 0.5) is 16.2 Å². The number of carbonyl (C=O) groups is 1. The highest BCUT2D eigenvalue weighted by Gasteiger charge is 2.24. The van der Waals surface area contributed by atoms with Gasteiger partial charge in [0.2, 0.25) is 0 Å². The van der Waals surface area contributed by atoms with E-state index in [2.05, 4.69) is 18.3 Å². The Kier molecular flexibility index (Phi) is 4.39. The first-order chi connectivity index (χ1) is 10.6. The second-order valence-corrected chi connectivity index (χ2v) is 7.11. The molecule has 114 valence electrons. The molecule has 1 aliphatic rings. The summed E-state index contributed by atoms with van der Waals surface area (Å²) in [5.74, 6) is 0. The van der Waals surface area contributed by atoms with Crippen molar-refractivity contribution < 1.29 is 4.79 Å². The second kappa shape index (κ2) is 6.44. The van der Waals surface area contributed by atoms with Crippen molar-refractivity contribution >= 4 is 29.2 Å². The number of anilines is 2. The van der Waals surface area contributed by atoms with Crippen molar-refractivity contribution in [2.75, 3.05) is 16.8 Å². The van der Waals surface area contributed by atoms with Gasteiger partial charge in [-0.1, -0.05) is 36.8 Å². The third-order valence-corrected chi connectivity index (χ3v) is 5.03. The van der Waals surface area contributed by atoms with Crippen LogP contribution < -0.4 is 10.2 Å². The number of nitrogens with one attached hydrogen (secondary N) is 1. The highest BCUT2D eigenvalue weighted by atomic mass is 32.2. The van der Waals surface area contributed by atoms with Crippen LogP contribution in [0.2, 0.25) is 0 Å². The van der Waals surface area contributed by atoms with E-state index in [1.54, 1.807) is 0 Å². The molecule has 0 aliphatic carbocycles. The molecule has 0 radical (unpaired) electrons. The summed E-state index contributed by atoms with van der Waals surface area (Å²) >= 11 is 1.84. The summed E-state index contributed by atoms with van der Waals surface area (Å²) in [6.07, 6.45) is 0.987. The lowest BCUT2D eigenvalue weighted by Gasteiger charge is -2.23. The van der Waals surface area contributed by atoms with Gasteiger partial charge in [0.1, 0.15) is 0 Å². The number of rotatable bonds is 1. The monoisotopic (exact) mass is 312 g/mol. The summed E-state index contributed by atoms with van der Waals surface area (Å²) < 4.78 is 0. The van der Waals surface area contributed by atoms with Crippen LogP contribution in [0.5, 0.6) is 0 Å². The number of nitrogens with zero attached hydrogens (tertiary/aromatic N) is 1. The molecule has 0 fully saturated rings. The minimum Gasteiger partial charge on any atom is -0.308 e. The molecule has 1 atom stereocenters. The maximum absolute atomic E-state index is 12.7. The summed E-state index contributed by atoms with van der Waals surface area (Å²) in [5, 5.41) is 3.51. The average molecular weight is 312 g/mol. The minimum absolute atomic E-state index is 0.0639. The van der Waals surface area contributed by atoms with Crippen molar-refractivity contribution in [3.8, 4) is 0 Å². The fourth-order valence-corrected chi connectivity index (χ4v) is 3.64. The maximum Gasteiger partial charge on any atom is 0.326 e. The van der Waals surface area contributed by atoms with Gasteiger partial charge in [0.05, 0.1) is 5.69 Å². The van der Waals surface area contributed by atoms with Gasteiger partial charge in [-0.2, -0.15) is 0 Å². The van der Waals surface area contributed by atoms with Crippen molar-refractivity contribution in [3.05, 3.63) is 54.1 Å². The Morgan fingerprint density at radius 1 is 1.18 bits per heavy atom. The third kappa shape index (κ3) is 3.28. The smallest absolute Gasteiger partial charge is 0.308 e. The Balaban J connectivity index is 1.84. The number of carbonyl (C=O) groups excluding carboxylic acids is 1. The zero-order chi connectivity index (χ0) is 15.5. The highest BCUT2D eigenvalue weighted by molar-refractivity contribution is 8.00. The number of hydrogen-bond acceptors (Lipinski definition) is 2. The number of hydrogen-bond donors (Lipinski definition) is 1.